The molecule has 0 aliphatic carbocycles. The largest absolute Gasteiger partial charge is 0.444 e. The Morgan fingerprint density at radius 2 is 1.83 bits per heavy atom. The molecule has 0 aromatic carbocycles. The van der Waals surface area contributed by atoms with Crippen LogP contribution in [0.25, 0.3) is 0 Å². The first-order valence-electron chi connectivity index (χ1n) is 6.05. The Labute approximate surface area is 108 Å². The van der Waals surface area contributed by atoms with E-state index in [4.69, 9.17) is 4.74 Å². The van der Waals surface area contributed by atoms with E-state index in [1.807, 2.05) is 39.8 Å². The van der Waals surface area contributed by atoms with E-state index in [0.717, 1.165) is 0 Å². The van der Waals surface area contributed by atoms with Gasteiger partial charge in [0.2, 0.25) is 0 Å². The molecule has 0 N–H and O–H groups in total. The molecule has 1 rings (SSSR count). The van der Waals surface area contributed by atoms with Crippen LogP contribution < -0.4 is 0 Å². The van der Waals surface area contributed by atoms with Crippen molar-refractivity contribution in [2.45, 2.75) is 26.4 Å². The zero-order valence-corrected chi connectivity index (χ0v) is 11.8. The second kappa shape index (κ2) is 5.42. The van der Waals surface area contributed by atoms with Gasteiger partial charge < -0.3 is 14.5 Å². The normalized spacial score (nSPS) is 16.6. The molecule has 0 atom stereocenters. The van der Waals surface area contributed by atoms with Crippen molar-refractivity contribution in [1.29, 1.82) is 0 Å². The van der Waals surface area contributed by atoms with E-state index >= 15 is 0 Å². The summed E-state index contributed by atoms with van der Waals surface area (Å²) in [6, 6.07) is 0. The van der Waals surface area contributed by atoms with E-state index in [2.05, 4.69) is 0 Å². The molecule has 1 saturated heterocycles. The molecule has 5 heteroatoms. The fraction of sp³-hybridized carbons (Fsp3) is 0.692. The molecule has 0 unspecified atom stereocenters. The Morgan fingerprint density at radius 3 is 2.28 bits per heavy atom. The lowest BCUT2D eigenvalue weighted by atomic mass is 9.95. The lowest BCUT2D eigenvalue weighted by Crippen LogP contribution is -2.54. The molecule has 0 bridgehead atoms. The van der Waals surface area contributed by atoms with Gasteiger partial charge >= 0.3 is 6.09 Å². The third kappa shape index (κ3) is 4.39. The van der Waals surface area contributed by atoms with E-state index in [1.54, 1.807) is 17.2 Å². The summed E-state index contributed by atoms with van der Waals surface area (Å²) in [5.41, 5.74) is -0.489. The minimum Gasteiger partial charge on any atom is -0.444 e. The average Bonchev–Trinajstić information content (AvgIpc) is 2.08. The maximum Gasteiger partial charge on any atom is 0.410 e. The smallest absolute Gasteiger partial charge is 0.410 e. The molecule has 0 saturated carbocycles. The van der Waals surface area contributed by atoms with Crippen molar-refractivity contribution in [3.8, 4) is 0 Å². The number of allylic oxidation sites excluding steroid dienone is 1. The number of likely N-dealkylation sites (tertiary alicyclic amines) is 1. The summed E-state index contributed by atoms with van der Waals surface area (Å²) in [6.45, 7) is 6.38. The van der Waals surface area contributed by atoms with Crippen molar-refractivity contribution in [1.82, 2.24) is 9.80 Å². The molecular weight excluding hydrogens is 232 g/mol. The highest BCUT2D eigenvalue weighted by atomic mass is 16.6. The van der Waals surface area contributed by atoms with Gasteiger partial charge in [0.1, 0.15) is 5.60 Å². The standard InChI is InChI=1S/C13H22N2O3/c1-13(2,3)18-12(17)15-8-10(9-15)11(16)6-7-14(4)5/h6-7,10H,8-9H2,1-5H3/b7-6+. The van der Waals surface area contributed by atoms with E-state index in [1.165, 1.54) is 0 Å². The van der Waals surface area contributed by atoms with Crippen LogP contribution in [0.15, 0.2) is 12.3 Å². The van der Waals surface area contributed by atoms with Crippen molar-refractivity contribution < 1.29 is 14.3 Å². The van der Waals surface area contributed by atoms with Crippen LogP contribution in [0, 0.1) is 5.92 Å². The van der Waals surface area contributed by atoms with Crippen LogP contribution in [0.1, 0.15) is 20.8 Å². The molecule has 0 radical (unpaired) electrons. The Morgan fingerprint density at radius 1 is 1.28 bits per heavy atom. The summed E-state index contributed by atoms with van der Waals surface area (Å²) < 4.78 is 5.22. The van der Waals surface area contributed by atoms with Gasteiger partial charge in [0.05, 0.1) is 5.92 Å². The van der Waals surface area contributed by atoms with Crippen LogP contribution in [0.4, 0.5) is 4.79 Å². The van der Waals surface area contributed by atoms with Gasteiger partial charge in [-0.15, -0.1) is 0 Å². The number of ketones is 1. The maximum atomic E-state index is 11.7. The zero-order valence-electron chi connectivity index (χ0n) is 11.8. The minimum atomic E-state index is -0.489. The van der Waals surface area contributed by atoms with E-state index < -0.39 is 5.60 Å². The molecule has 0 spiro atoms. The molecule has 102 valence electrons. The second-order valence-electron chi connectivity index (χ2n) is 5.76. The first-order valence-corrected chi connectivity index (χ1v) is 6.05. The first kappa shape index (κ1) is 14.5. The number of hydrogen-bond donors (Lipinski definition) is 0. The summed E-state index contributed by atoms with van der Waals surface area (Å²) in [7, 11) is 3.72. The maximum absolute atomic E-state index is 11.7. The predicted octanol–water partition coefficient (Wildman–Crippen LogP) is 1.50. The van der Waals surface area contributed by atoms with Crippen LogP contribution >= 0.6 is 0 Å². The number of rotatable bonds is 3. The third-order valence-corrected chi connectivity index (χ3v) is 2.47. The summed E-state index contributed by atoms with van der Waals surface area (Å²) in [5.74, 6) is -0.0303. The molecule has 1 heterocycles. The van der Waals surface area contributed by atoms with Crippen LogP contribution in [0.3, 0.4) is 0 Å². The lowest BCUT2D eigenvalue weighted by Gasteiger charge is -2.38. The van der Waals surface area contributed by atoms with E-state index in [-0.39, 0.29) is 17.8 Å². The van der Waals surface area contributed by atoms with Gasteiger partial charge in [-0.3, -0.25) is 4.79 Å². The molecule has 1 amide bonds. The summed E-state index contributed by atoms with van der Waals surface area (Å²) in [4.78, 5) is 26.7. The first-order chi connectivity index (χ1) is 8.19. The van der Waals surface area contributed by atoms with Gasteiger partial charge in [-0.1, -0.05) is 0 Å². The van der Waals surface area contributed by atoms with Gasteiger partial charge in [0.15, 0.2) is 5.78 Å². The highest BCUT2D eigenvalue weighted by Crippen LogP contribution is 2.20. The number of carbonyl (C=O) groups is 2. The van der Waals surface area contributed by atoms with E-state index in [9.17, 15) is 9.59 Å². The highest BCUT2D eigenvalue weighted by molar-refractivity contribution is 5.93. The van der Waals surface area contributed by atoms with Crippen LogP contribution in [-0.2, 0) is 9.53 Å². The van der Waals surface area contributed by atoms with Gasteiger partial charge in [0.25, 0.3) is 0 Å². The quantitative estimate of drug-likeness (QED) is 0.716. The zero-order chi connectivity index (χ0) is 13.9. The summed E-state index contributed by atoms with van der Waals surface area (Å²) in [6.07, 6.45) is 2.93. The molecule has 1 aliphatic rings. The topological polar surface area (TPSA) is 49.9 Å². The van der Waals surface area contributed by atoms with Crippen molar-refractivity contribution in [2.24, 2.45) is 5.92 Å². The van der Waals surface area contributed by atoms with E-state index in [0.29, 0.717) is 13.1 Å². The van der Waals surface area contributed by atoms with Crippen LogP contribution in [0.2, 0.25) is 0 Å². The van der Waals surface area contributed by atoms with Crippen molar-refractivity contribution in [2.75, 3.05) is 27.2 Å². The third-order valence-electron chi connectivity index (χ3n) is 2.47. The Bertz CT molecular complexity index is 350. The number of nitrogens with zero attached hydrogens (tertiary/aromatic N) is 2. The van der Waals surface area contributed by atoms with Crippen molar-refractivity contribution in [3.63, 3.8) is 0 Å². The van der Waals surface area contributed by atoms with Crippen molar-refractivity contribution in [3.05, 3.63) is 12.3 Å². The Balaban J connectivity index is 2.36. The number of carbonyl (C=O) groups excluding carboxylic acids is 2. The Hall–Kier alpha value is -1.52. The SMILES string of the molecule is CN(C)/C=C/C(=O)C1CN(C(=O)OC(C)(C)C)C1. The van der Waals surface area contributed by atoms with Crippen molar-refractivity contribution >= 4 is 11.9 Å². The molecule has 5 nitrogen and oxygen atoms in total. The van der Waals surface area contributed by atoms with Gasteiger partial charge in [-0.05, 0) is 26.8 Å². The number of ether oxygens (including phenoxy) is 1. The van der Waals surface area contributed by atoms with Gasteiger partial charge in [0, 0.05) is 33.4 Å². The minimum absolute atomic E-state index is 0.0588. The fourth-order valence-corrected chi connectivity index (χ4v) is 1.49. The van der Waals surface area contributed by atoms with Gasteiger partial charge in [-0.2, -0.15) is 0 Å². The highest BCUT2D eigenvalue weighted by Gasteiger charge is 2.36. The number of hydrogen-bond acceptors (Lipinski definition) is 4. The lowest BCUT2D eigenvalue weighted by molar-refractivity contribution is -0.122. The van der Waals surface area contributed by atoms with Crippen LogP contribution in [-0.4, -0.2) is 54.5 Å². The molecule has 1 fully saturated rings. The Kier molecular flexibility index (Phi) is 4.38. The molecule has 0 aromatic rings. The number of amides is 1. The second-order valence-corrected chi connectivity index (χ2v) is 5.76. The molecule has 0 aromatic heterocycles. The molecule has 18 heavy (non-hydrogen) atoms. The average molecular weight is 254 g/mol. The van der Waals surface area contributed by atoms with Gasteiger partial charge in [-0.25, -0.2) is 4.79 Å². The molecule has 1 aliphatic heterocycles. The monoisotopic (exact) mass is 254 g/mol. The molecular formula is C13H22N2O3. The predicted molar refractivity (Wildman–Crippen MR) is 69.1 cm³/mol. The summed E-state index contributed by atoms with van der Waals surface area (Å²) in [5, 5.41) is 0. The fourth-order valence-electron chi connectivity index (χ4n) is 1.49. The summed E-state index contributed by atoms with van der Waals surface area (Å²) >= 11 is 0. The van der Waals surface area contributed by atoms with Crippen LogP contribution in [0.5, 0.6) is 0 Å².